The Kier molecular flexibility index (Phi) is 3.09. The lowest BCUT2D eigenvalue weighted by Gasteiger charge is -2.14. The van der Waals surface area contributed by atoms with Crippen molar-refractivity contribution in [1.82, 2.24) is 14.9 Å². The molecule has 1 aromatic heterocycles. The number of amides is 2. The molecular weight excluding hydrogens is 314 g/mol. The Morgan fingerprint density at radius 1 is 0.957 bits per heavy atom. The van der Waals surface area contributed by atoms with Crippen molar-refractivity contribution >= 4 is 34.3 Å². The van der Waals surface area contributed by atoms with Crippen molar-refractivity contribution in [2.45, 2.75) is 6.54 Å². The van der Waals surface area contributed by atoms with E-state index in [1.54, 1.807) is 36.4 Å². The largest absolute Gasteiger partial charge is 0.270 e. The molecule has 0 saturated heterocycles. The van der Waals surface area contributed by atoms with Crippen LogP contribution in [0.25, 0.3) is 10.9 Å². The number of carbonyl (C=O) groups is 2. The van der Waals surface area contributed by atoms with Gasteiger partial charge >= 0.3 is 0 Å². The summed E-state index contributed by atoms with van der Waals surface area (Å²) >= 11 is 6.08. The minimum absolute atomic E-state index is 0.188. The molecule has 112 valence electrons. The lowest BCUT2D eigenvalue weighted by molar-refractivity contribution is 0.0642. The molecule has 0 unspecified atom stereocenters. The van der Waals surface area contributed by atoms with Crippen LogP contribution in [0, 0.1) is 0 Å². The first-order valence-electron chi connectivity index (χ1n) is 6.99. The van der Waals surface area contributed by atoms with Crippen molar-refractivity contribution < 1.29 is 9.59 Å². The highest BCUT2D eigenvalue weighted by Gasteiger charge is 2.34. The molecule has 2 heterocycles. The van der Waals surface area contributed by atoms with Gasteiger partial charge in [-0.15, -0.1) is 0 Å². The number of imide groups is 1. The summed E-state index contributed by atoms with van der Waals surface area (Å²) in [5, 5.41) is 1.04. The van der Waals surface area contributed by atoms with E-state index in [1.165, 1.54) is 11.2 Å². The van der Waals surface area contributed by atoms with E-state index in [2.05, 4.69) is 9.97 Å². The lowest BCUT2D eigenvalue weighted by Crippen LogP contribution is -2.29. The third-order valence-electron chi connectivity index (χ3n) is 3.87. The van der Waals surface area contributed by atoms with Crippen LogP contribution < -0.4 is 0 Å². The Hall–Kier alpha value is -2.79. The molecule has 4 rings (SSSR count). The second kappa shape index (κ2) is 5.14. The number of benzene rings is 2. The number of carbonyl (C=O) groups excluding carboxylic acids is 2. The van der Waals surface area contributed by atoms with Gasteiger partial charge in [-0.1, -0.05) is 29.8 Å². The summed E-state index contributed by atoms with van der Waals surface area (Å²) in [4.78, 5) is 34.1. The molecule has 0 spiro atoms. The van der Waals surface area contributed by atoms with E-state index >= 15 is 0 Å². The van der Waals surface area contributed by atoms with Crippen LogP contribution >= 0.6 is 11.6 Å². The predicted molar refractivity (Wildman–Crippen MR) is 85.2 cm³/mol. The van der Waals surface area contributed by atoms with Crippen molar-refractivity contribution in [2.24, 2.45) is 0 Å². The van der Waals surface area contributed by atoms with Crippen LogP contribution in [0.2, 0.25) is 5.15 Å². The maximum absolute atomic E-state index is 12.4. The number of nitrogens with zero attached hydrogens (tertiary/aromatic N) is 3. The molecule has 0 radical (unpaired) electrons. The molecule has 2 amide bonds. The molecule has 0 fully saturated rings. The Bertz CT molecular complexity index is 936. The first kappa shape index (κ1) is 13.8. The summed E-state index contributed by atoms with van der Waals surface area (Å²) in [5.74, 6) is -0.554. The zero-order valence-electron chi connectivity index (χ0n) is 11.9. The number of rotatable bonds is 2. The minimum atomic E-state index is -0.277. The highest BCUT2D eigenvalue weighted by molar-refractivity contribution is 6.34. The quantitative estimate of drug-likeness (QED) is 0.537. The average molecular weight is 324 g/mol. The Labute approximate surface area is 136 Å². The van der Waals surface area contributed by atoms with Crippen molar-refractivity contribution in [3.05, 3.63) is 70.6 Å². The molecule has 0 saturated carbocycles. The van der Waals surface area contributed by atoms with E-state index in [1.807, 2.05) is 6.07 Å². The first-order chi connectivity index (χ1) is 11.1. The van der Waals surface area contributed by atoms with Gasteiger partial charge in [0.15, 0.2) is 0 Å². The van der Waals surface area contributed by atoms with E-state index in [-0.39, 0.29) is 18.4 Å². The molecule has 1 aliphatic rings. The van der Waals surface area contributed by atoms with Gasteiger partial charge in [0.2, 0.25) is 0 Å². The van der Waals surface area contributed by atoms with Gasteiger partial charge in [0, 0.05) is 5.39 Å². The highest BCUT2D eigenvalue weighted by atomic mass is 35.5. The number of fused-ring (bicyclic) bond motifs is 2. The molecule has 3 aromatic rings. The summed E-state index contributed by atoms with van der Waals surface area (Å²) < 4.78 is 0. The van der Waals surface area contributed by atoms with Crippen LogP contribution in [-0.4, -0.2) is 26.7 Å². The smallest absolute Gasteiger partial charge is 0.261 e. The monoisotopic (exact) mass is 323 g/mol. The van der Waals surface area contributed by atoms with Gasteiger partial charge < -0.3 is 0 Å². The molecule has 2 aromatic carbocycles. The van der Waals surface area contributed by atoms with Gasteiger partial charge in [-0.25, -0.2) is 9.97 Å². The molecule has 0 N–H and O–H groups in total. The number of aromatic nitrogens is 2. The molecule has 5 nitrogen and oxygen atoms in total. The molecular formula is C17H10ClN3O2. The zero-order valence-corrected chi connectivity index (χ0v) is 12.6. The van der Waals surface area contributed by atoms with E-state index in [0.29, 0.717) is 21.7 Å². The lowest BCUT2D eigenvalue weighted by atomic mass is 10.1. The second-order valence-corrected chi connectivity index (χ2v) is 5.62. The van der Waals surface area contributed by atoms with Crippen LogP contribution in [0.1, 0.15) is 26.3 Å². The Morgan fingerprint density at radius 2 is 1.65 bits per heavy atom. The van der Waals surface area contributed by atoms with E-state index in [4.69, 9.17) is 11.6 Å². The Balaban J connectivity index is 1.71. The van der Waals surface area contributed by atoms with E-state index in [9.17, 15) is 9.59 Å². The fraction of sp³-hybridized carbons (Fsp3) is 0.0588. The highest BCUT2D eigenvalue weighted by Crippen LogP contribution is 2.26. The number of hydrogen-bond donors (Lipinski definition) is 0. The predicted octanol–water partition coefficient (Wildman–Crippen LogP) is 3.08. The summed E-state index contributed by atoms with van der Waals surface area (Å²) in [7, 11) is 0. The summed E-state index contributed by atoms with van der Waals surface area (Å²) in [6, 6.07) is 12.3. The van der Waals surface area contributed by atoms with Crippen LogP contribution in [0.3, 0.4) is 0 Å². The summed E-state index contributed by atoms with van der Waals surface area (Å²) in [6.07, 6.45) is 1.40. The molecule has 0 aliphatic carbocycles. The van der Waals surface area contributed by atoms with Gasteiger partial charge in [-0.2, -0.15) is 0 Å². The first-order valence-corrected chi connectivity index (χ1v) is 7.37. The average Bonchev–Trinajstić information content (AvgIpc) is 2.81. The second-order valence-electron chi connectivity index (χ2n) is 5.26. The van der Waals surface area contributed by atoms with Crippen molar-refractivity contribution in [2.75, 3.05) is 0 Å². The Morgan fingerprint density at radius 3 is 2.35 bits per heavy atom. The zero-order chi connectivity index (χ0) is 16.0. The maximum Gasteiger partial charge on any atom is 0.261 e. The molecule has 6 heteroatoms. The summed E-state index contributed by atoms with van der Waals surface area (Å²) in [6.45, 7) is 0.188. The van der Waals surface area contributed by atoms with Crippen LogP contribution in [0.4, 0.5) is 0 Å². The van der Waals surface area contributed by atoms with Gasteiger partial charge in [-0.05, 0) is 29.8 Å². The van der Waals surface area contributed by atoms with Crippen molar-refractivity contribution in [3.63, 3.8) is 0 Å². The van der Waals surface area contributed by atoms with E-state index < -0.39 is 0 Å². The normalized spacial score (nSPS) is 13.7. The fourth-order valence-corrected chi connectivity index (χ4v) is 2.93. The fourth-order valence-electron chi connectivity index (χ4n) is 2.74. The number of halogens is 1. The third-order valence-corrected chi connectivity index (χ3v) is 4.17. The van der Waals surface area contributed by atoms with Gasteiger partial charge in [0.25, 0.3) is 11.8 Å². The van der Waals surface area contributed by atoms with Crippen molar-refractivity contribution in [1.29, 1.82) is 0 Å². The van der Waals surface area contributed by atoms with Gasteiger partial charge in [0.1, 0.15) is 11.5 Å². The topological polar surface area (TPSA) is 63.2 Å². The van der Waals surface area contributed by atoms with Crippen LogP contribution in [-0.2, 0) is 6.54 Å². The maximum atomic E-state index is 12.4. The molecule has 0 bridgehead atoms. The molecule has 0 atom stereocenters. The SMILES string of the molecule is O=C1c2ccccc2C(=O)N1Cc1ccc2ncnc(Cl)c2c1. The van der Waals surface area contributed by atoms with Gasteiger partial charge in [-0.3, -0.25) is 14.5 Å². The van der Waals surface area contributed by atoms with Crippen LogP contribution in [0.15, 0.2) is 48.8 Å². The van der Waals surface area contributed by atoms with Crippen molar-refractivity contribution in [3.8, 4) is 0 Å². The van der Waals surface area contributed by atoms with Crippen LogP contribution in [0.5, 0.6) is 0 Å². The molecule has 1 aliphatic heterocycles. The number of hydrogen-bond acceptors (Lipinski definition) is 4. The van der Waals surface area contributed by atoms with Gasteiger partial charge in [0.05, 0.1) is 23.2 Å². The molecule has 23 heavy (non-hydrogen) atoms. The standard InChI is InChI=1S/C17H10ClN3O2/c18-15-13-7-10(5-6-14(13)19-9-20-15)8-21-16(22)11-3-1-2-4-12(11)17(21)23/h1-7,9H,8H2. The third kappa shape index (κ3) is 2.17. The summed E-state index contributed by atoms with van der Waals surface area (Å²) in [5.41, 5.74) is 2.40. The van der Waals surface area contributed by atoms with E-state index in [0.717, 1.165) is 11.1 Å². The minimum Gasteiger partial charge on any atom is -0.270 e.